The molecule has 0 aromatic carbocycles. The van der Waals surface area contributed by atoms with Crippen LogP contribution in [0.5, 0.6) is 0 Å². The summed E-state index contributed by atoms with van der Waals surface area (Å²) < 4.78 is 0. The maximum Gasteiger partial charge on any atom is 0.0388 e. The first-order chi connectivity index (χ1) is 7.13. The summed E-state index contributed by atoms with van der Waals surface area (Å²) in [5, 5.41) is 3.63. The lowest BCUT2D eigenvalue weighted by atomic mass is 10.2. The van der Waals surface area contributed by atoms with Gasteiger partial charge in [-0.3, -0.25) is 0 Å². The largest absolute Gasteiger partial charge is 0.306 e. The van der Waals surface area contributed by atoms with Crippen LogP contribution in [-0.4, -0.2) is 17.5 Å². The van der Waals surface area contributed by atoms with Gasteiger partial charge < -0.3 is 5.32 Å². The summed E-state index contributed by atoms with van der Waals surface area (Å²) in [5.41, 5.74) is 0. The van der Waals surface area contributed by atoms with Gasteiger partial charge in [-0.05, 0) is 38.7 Å². The average Bonchev–Trinajstić information content (AvgIpc) is 2.61. The number of hydrogen-bond donors (Lipinski definition) is 1. The first-order valence-corrected chi connectivity index (χ1v) is 7.50. The second-order valence-corrected chi connectivity index (χ2v) is 6.54. The molecule has 3 heteroatoms. The van der Waals surface area contributed by atoms with Crippen LogP contribution in [0.4, 0.5) is 0 Å². The third-order valence-electron chi connectivity index (χ3n) is 2.29. The molecule has 1 N–H and O–H groups in total. The highest BCUT2D eigenvalue weighted by atomic mass is 32.2. The first-order valence-electron chi connectivity index (χ1n) is 5.53. The summed E-state index contributed by atoms with van der Waals surface area (Å²) in [5.74, 6) is 2.41. The van der Waals surface area contributed by atoms with Crippen molar-refractivity contribution in [2.24, 2.45) is 0 Å². The average molecular weight is 243 g/mol. The van der Waals surface area contributed by atoms with E-state index in [0.717, 1.165) is 0 Å². The standard InChI is InChI=1S/C12H21NS2/c1-5-14-8-9(2)13-11(4)12-7-6-10(3)15-12/h6-7,9,11,13H,5,8H2,1-4H3. The lowest BCUT2D eigenvalue weighted by molar-refractivity contribution is 0.517. The van der Waals surface area contributed by atoms with E-state index < -0.39 is 0 Å². The molecule has 0 amide bonds. The second-order valence-electron chi connectivity index (χ2n) is 3.90. The number of aryl methyl sites for hydroxylation is 1. The summed E-state index contributed by atoms with van der Waals surface area (Å²) in [6.45, 7) is 8.89. The summed E-state index contributed by atoms with van der Waals surface area (Å²) in [6.07, 6.45) is 0. The van der Waals surface area contributed by atoms with Gasteiger partial charge in [0.2, 0.25) is 0 Å². The molecule has 0 saturated heterocycles. The molecule has 0 aliphatic rings. The van der Waals surface area contributed by atoms with Crippen LogP contribution in [0.3, 0.4) is 0 Å². The van der Waals surface area contributed by atoms with Gasteiger partial charge >= 0.3 is 0 Å². The smallest absolute Gasteiger partial charge is 0.0388 e. The van der Waals surface area contributed by atoms with Gasteiger partial charge in [0.05, 0.1) is 0 Å². The van der Waals surface area contributed by atoms with Crippen LogP contribution < -0.4 is 5.32 Å². The van der Waals surface area contributed by atoms with E-state index in [9.17, 15) is 0 Å². The second kappa shape index (κ2) is 6.56. The molecule has 0 spiro atoms. The highest BCUT2D eigenvalue weighted by molar-refractivity contribution is 7.99. The topological polar surface area (TPSA) is 12.0 Å². The van der Waals surface area contributed by atoms with Crippen LogP contribution in [-0.2, 0) is 0 Å². The Bertz CT molecular complexity index is 283. The summed E-state index contributed by atoms with van der Waals surface area (Å²) >= 11 is 3.89. The van der Waals surface area contributed by atoms with E-state index in [1.807, 2.05) is 23.1 Å². The quantitative estimate of drug-likeness (QED) is 0.814. The lowest BCUT2D eigenvalue weighted by Gasteiger charge is -2.18. The molecule has 1 heterocycles. The summed E-state index contributed by atoms with van der Waals surface area (Å²) in [4.78, 5) is 2.84. The Morgan fingerprint density at radius 2 is 2.13 bits per heavy atom. The molecular formula is C12H21NS2. The molecule has 0 aliphatic heterocycles. The van der Waals surface area contributed by atoms with E-state index in [1.165, 1.54) is 21.3 Å². The molecule has 0 radical (unpaired) electrons. The highest BCUT2D eigenvalue weighted by Gasteiger charge is 2.10. The molecule has 0 saturated carbocycles. The number of hydrogen-bond acceptors (Lipinski definition) is 3. The van der Waals surface area contributed by atoms with Crippen LogP contribution >= 0.6 is 23.1 Å². The number of nitrogens with one attached hydrogen (secondary N) is 1. The van der Waals surface area contributed by atoms with Crippen molar-refractivity contribution in [3.05, 3.63) is 21.9 Å². The normalized spacial score (nSPS) is 15.2. The van der Waals surface area contributed by atoms with E-state index in [0.29, 0.717) is 12.1 Å². The minimum atomic E-state index is 0.483. The summed E-state index contributed by atoms with van der Waals surface area (Å²) in [6, 6.07) is 5.50. The maximum absolute atomic E-state index is 3.63. The van der Waals surface area contributed by atoms with Crippen molar-refractivity contribution in [3.8, 4) is 0 Å². The predicted octanol–water partition coefficient (Wildman–Crippen LogP) is 3.85. The van der Waals surface area contributed by atoms with Crippen LogP contribution in [0.2, 0.25) is 0 Å². The molecule has 2 atom stereocenters. The Kier molecular flexibility index (Phi) is 5.72. The van der Waals surface area contributed by atoms with Crippen molar-refractivity contribution in [1.82, 2.24) is 5.32 Å². The Morgan fingerprint density at radius 3 is 2.67 bits per heavy atom. The molecule has 0 bridgehead atoms. The Balaban J connectivity index is 2.38. The molecule has 1 aromatic rings. The monoisotopic (exact) mass is 243 g/mol. The molecule has 15 heavy (non-hydrogen) atoms. The third kappa shape index (κ3) is 4.58. The van der Waals surface area contributed by atoms with E-state index in [1.54, 1.807) is 0 Å². The maximum atomic E-state index is 3.63. The van der Waals surface area contributed by atoms with Gasteiger partial charge in [0.15, 0.2) is 0 Å². The molecule has 2 unspecified atom stereocenters. The summed E-state index contributed by atoms with van der Waals surface area (Å²) in [7, 11) is 0. The van der Waals surface area contributed by atoms with Crippen LogP contribution in [0.15, 0.2) is 12.1 Å². The van der Waals surface area contributed by atoms with Gasteiger partial charge in [-0.2, -0.15) is 11.8 Å². The van der Waals surface area contributed by atoms with Crippen molar-refractivity contribution < 1.29 is 0 Å². The van der Waals surface area contributed by atoms with E-state index in [4.69, 9.17) is 0 Å². The third-order valence-corrected chi connectivity index (χ3v) is 4.62. The zero-order valence-electron chi connectivity index (χ0n) is 10.0. The van der Waals surface area contributed by atoms with Gasteiger partial charge in [0, 0.05) is 27.6 Å². The highest BCUT2D eigenvalue weighted by Crippen LogP contribution is 2.22. The van der Waals surface area contributed by atoms with Crippen LogP contribution in [0.1, 0.15) is 36.6 Å². The molecule has 1 nitrogen and oxygen atoms in total. The fourth-order valence-electron chi connectivity index (χ4n) is 1.54. The van der Waals surface area contributed by atoms with Crippen molar-refractivity contribution in [2.45, 2.75) is 39.8 Å². The molecular weight excluding hydrogens is 222 g/mol. The van der Waals surface area contributed by atoms with Gasteiger partial charge in [0.25, 0.3) is 0 Å². The predicted molar refractivity (Wildman–Crippen MR) is 73.1 cm³/mol. The number of thiophene rings is 1. The Morgan fingerprint density at radius 1 is 1.40 bits per heavy atom. The molecule has 86 valence electrons. The number of thioether (sulfide) groups is 1. The van der Waals surface area contributed by atoms with E-state index >= 15 is 0 Å². The van der Waals surface area contributed by atoms with Crippen LogP contribution in [0, 0.1) is 6.92 Å². The lowest BCUT2D eigenvalue weighted by Crippen LogP contribution is -2.30. The zero-order chi connectivity index (χ0) is 11.3. The number of rotatable bonds is 6. The molecule has 1 rings (SSSR count). The minimum Gasteiger partial charge on any atom is -0.306 e. The van der Waals surface area contributed by atoms with E-state index in [-0.39, 0.29) is 0 Å². The van der Waals surface area contributed by atoms with Gasteiger partial charge in [-0.1, -0.05) is 6.92 Å². The van der Waals surface area contributed by atoms with Gasteiger partial charge in [-0.25, -0.2) is 0 Å². The zero-order valence-corrected chi connectivity index (χ0v) is 11.7. The fraction of sp³-hybridized carbons (Fsp3) is 0.667. The van der Waals surface area contributed by atoms with Crippen molar-refractivity contribution in [3.63, 3.8) is 0 Å². The molecule has 1 aromatic heterocycles. The van der Waals surface area contributed by atoms with Crippen molar-refractivity contribution in [2.75, 3.05) is 11.5 Å². The first kappa shape index (κ1) is 13.1. The molecule has 0 fully saturated rings. The van der Waals surface area contributed by atoms with Crippen molar-refractivity contribution >= 4 is 23.1 Å². The Labute approximate surface area is 102 Å². The Hall–Kier alpha value is 0.01000. The SMILES string of the molecule is CCSCC(C)NC(C)c1ccc(C)s1. The fourth-order valence-corrected chi connectivity index (χ4v) is 3.11. The minimum absolute atomic E-state index is 0.483. The van der Waals surface area contributed by atoms with E-state index in [2.05, 4.69) is 45.1 Å². The van der Waals surface area contributed by atoms with Crippen LogP contribution in [0.25, 0.3) is 0 Å². The molecule has 0 aliphatic carbocycles. The van der Waals surface area contributed by atoms with Gasteiger partial charge in [-0.15, -0.1) is 11.3 Å². The van der Waals surface area contributed by atoms with Gasteiger partial charge in [0.1, 0.15) is 0 Å². The van der Waals surface area contributed by atoms with Crippen molar-refractivity contribution in [1.29, 1.82) is 0 Å².